The predicted molar refractivity (Wildman–Crippen MR) is 69.7 cm³/mol. The van der Waals surface area contributed by atoms with E-state index in [4.69, 9.17) is 5.73 Å². The maximum absolute atomic E-state index is 12.0. The molecule has 0 unspecified atom stereocenters. The van der Waals surface area contributed by atoms with Crippen LogP contribution in [0.15, 0.2) is 18.5 Å². The van der Waals surface area contributed by atoms with Crippen molar-refractivity contribution in [3.05, 3.63) is 30.0 Å². The van der Waals surface area contributed by atoms with E-state index in [0.29, 0.717) is 31.0 Å². The molecule has 0 aliphatic carbocycles. The Morgan fingerprint density at radius 1 is 1.68 bits per heavy atom. The highest BCUT2D eigenvalue weighted by Gasteiger charge is 2.25. The van der Waals surface area contributed by atoms with E-state index in [-0.39, 0.29) is 6.03 Å². The molecule has 0 bridgehead atoms. The van der Waals surface area contributed by atoms with E-state index in [0.717, 1.165) is 5.69 Å². The molecule has 0 aromatic carbocycles. The van der Waals surface area contributed by atoms with Gasteiger partial charge in [-0.3, -0.25) is 0 Å². The molecule has 1 atom stereocenters. The number of urea groups is 1. The van der Waals surface area contributed by atoms with E-state index >= 15 is 0 Å². The highest BCUT2D eigenvalue weighted by atomic mass is 16.3. The summed E-state index contributed by atoms with van der Waals surface area (Å²) in [4.78, 5) is 21.8. The Kier molecular flexibility index (Phi) is 3.96. The van der Waals surface area contributed by atoms with Crippen molar-refractivity contribution in [2.45, 2.75) is 19.4 Å². The summed E-state index contributed by atoms with van der Waals surface area (Å²) in [7, 11) is 0. The number of carbonyl (C=O) groups excluding carboxylic acids is 1. The molecule has 2 rings (SSSR count). The van der Waals surface area contributed by atoms with Crippen molar-refractivity contribution in [2.24, 2.45) is 5.73 Å². The Bertz CT molecular complexity index is 503. The van der Waals surface area contributed by atoms with E-state index in [1.54, 1.807) is 12.3 Å². The van der Waals surface area contributed by atoms with Gasteiger partial charge < -0.3 is 21.1 Å². The molecule has 1 aliphatic rings. The number of carbonyl (C=O) groups is 1. The summed E-state index contributed by atoms with van der Waals surface area (Å²) < 4.78 is 0. The number of aliphatic hydroxyl groups excluding tert-OH is 1. The molecule has 1 aliphatic heterocycles. The van der Waals surface area contributed by atoms with Crippen LogP contribution in [0, 0.1) is 6.92 Å². The number of aliphatic hydroxyl groups is 1. The second-order valence-corrected chi connectivity index (χ2v) is 4.42. The summed E-state index contributed by atoms with van der Waals surface area (Å²) in [5.41, 5.74) is 6.65. The Morgan fingerprint density at radius 3 is 3.05 bits per heavy atom. The third kappa shape index (κ3) is 3.19. The smallest absolute Gasteiger partial charge is 0.322 e. The predicted octanol–water partition coefficient (Wildman–Crippen LogP) is -0.182. The van der Waals surface area contributed by atoms with Crippen LogP contribution in [0.1, 0.15) is 17.9 Å². The molecule has 1 aromatic rings. The van der Waals surface area contributed by atoms with E-state index in [1.807, 2.05) is 6.92 Å². The molecule has 0 spiro atoms. The van der Waals surface area contributed by atoms with E-state index in [9.17, 15) is 9.90 Å². The fourth-order valence-corrected chi connectivity index (χ4v) is 1.87. The fraction of sp³-hybridized carbons (Fsp3) is 0.417. The highest BCUT2D eigenvalue weighted by molar-refractivity contribution is 5.84. The van der Waals surface area contributed by atoms with E-state index in [2.05, 4.69) is 15.3 Å². The summed E-state index contributed by atoms with van der Waals surface area (Å²) in [5, 5.41) is 12.1. The van der Waals surface area contributed by atoms with Crippen molar-refractivity contribution >= 4 is 11.7 Å². The first-order chi connectivity index (χ1) is 9.10. The quantitative estimate of drug-likeness (QED) is 0.686. The third-order valence-electron chi connectivity index (χ3n) is 2.89. The number of aryl methyl sites for hydroxylation is 1. The van der Waals surface area contributed by atoms with E-state index in [1.165, 1.54) is 11.1 Å². The van der Waals surface area contributed by atoms with Crippen LogP contribution < -0.4 is 11.1 Å². The second kappa shape index (κ2) is 5.66. The molecule has 2 heterocycles. The Balaban J connectivity index is 2.06. The summed E-state index contributed by atoms with van der Waals surface area (Å²) in [5.74, 6) is 0.371. The van der Waals surface area contributed by atoms with Gasteiger partial charge in [0.2, 0.25) is 0 Å². The summed E-state index contributed by atoms with van der Waals surface area (Å²) in [6.45, 7) is 2.69. The number of rotatable bonds is 2. The van der Waals surface area contributed by atoms with Crippen molar-refractivity contribution in [2.75, 3.05) is 13.1 Å². The minimum absolute atomic E-state index is 0.307. The van der Waals surface area contributed by atoms with Gasteiger partial charge in [0, 0.05) is 31.2 Å². The molecular weight excluding hydrogens is 246 g/mol. The van der Waals surface area contributed by atoms with Gasteiger partial charge in [0.15, 0.2) is 5.82 Å². The number of likely N-dealkylation sites (tertiary alicyclic amines) is 1. The number of nitrogens with one attached hydrogen (secondary N) is 1. The van der Waals surface area contributed by atoms with Crippen LogP contribution in [0.25, 0.3) is 5.70 Å². The van der Waals surface area contributed by atoms with Crippen LogP contribution in [0.4, 0.5) is 4.79 Å². The zero-order valence-corrected chi connectivity index (χ0v) is 10.7. The van der Waals surface area contributed by atoms with Crippen LogP contribution in [-0.2, 0) is 0 Å². The van der Waals surface area contributed by atoms with Crippen molar-refractivity contribution in [1.82, 2.24) is 20.2 Å². The van der Waals surface area contributed by atoms with Gasteiger partial charge in [-0.2, -0.15) is 0 Å². The Labute approximate surface area is 111 Å². The minimum atomic E-state index is -0.453. The van der Waals surface area contributed by atoms with Crippen LogP contribution in [0.5, 0.6) is 0 Å². The zero-order chi connectivity index (χ0) is 13.8. The van der Waals surface area contributed by atoms with E-state index < -0.39 is 6.10 Å². The molecule has 19 heavy (non-hydrogen) atoms. The standard InChI is InChI=1S/C12H17N5O2/c1-8-2-4-14-11(15-8)10(6-13)16-12(19)17-5-3-9(18)7-17/h2,4,6,9,18H,3,5,7,13H2,1H3,(H,16,19)/t9-/m0/s1. The normalized spacial score (nSPS) is 19.6. The topological polar surface area (TPSA) is 104 Å². The van der Waals surface area contributed by atoms with Crippen molar-refractivity contribution in [3.63, 3.8) is 0 Å². The van der Waals surface area contributed by atoms with Crippen molar-refractivity contribution in [1.29, 1.82) is 0 Å². The van der Waals surface area contributed by atoms with Gasteiger partial charge in [0.25, 0.3) is 0 Å². The van der Waals surface area contributed by atoms with Crippen LogP contribution >= 0.6 is 0 Å². The first-order valence-corrected chi connectivity index (χ1v) is 6.06. The first-order valence-electron chi connectivity index (χ1n) is 6.06. The maximum atomic E-state index is 12.0. The Hall–Kier alpha value is -2.15. The zero-order valence-electron chi connectivity index (χ0n) is 10.7. The summed E-state index contributed by atoms with van der Waals surface area (Å²) in [6, 6.07) is 1.45. The monoisotopic (exact) mass is 263 g/mol. The van der Waals surface area contributed by atoms with Crippen LogP contribution in [-0.4, -0.2) is 45.2 Å². The number of hydrogen-bond acceptors (Lipinski definition) is 5. The molecule has 1 aromatic heterocycles. The average molecular weight is 263 g/mol. The number of amides is 2. The molecule has 0 saturated carbocycles. The van der Waals surface area contributed by atoms with Crippen molar-refractivity contribution < 1.29 is 9.90 Å². The lowest BCUT2D eigenvalue weighted by molar-refractivity contribution is 0.173. The van der Waals surface area contributed by atoms with Gasteiger partial charge in [-0.1, -0.05) is 0 Å². The molecule has 7 heteroatoms. The van der Waals surface area contributed by atoms with Gasteiger partial charge in [0.1, 0.15) is 5.70 Å². The molecule has 2 amide bonds. The molecular formula is C12H17N5O2. The van der Waals surface area contributed by atoms with Gasteiger partial charge in [-0.25, -0.2) is 14.8 Å². The Morgan fingerprint density at radius 2 is 2.47 bits per heavy atom. The lowest BCUT2D eigenvalue weighted by atomic mass is 10.3. The highest BCUT2D eigenvalue weighted by Crippen LogP contribution is 2.11. The summed E-state index contributed by atoms with van der Waals surface area (Å²) >= 11 is 0. The minimum Gasteiger partial charge on any atom is -0.403 e. The maximum Gasteiger partial charge on any atom is 0.322 e. The van der Waals surface area contributed by atoms with Gasteiger partial charge in [0.05, 0.1) is 6.10 Å². The van der Waals surface area contributed by atoms with Crippen molar-refractivity contribution in [3.8, 4) is 0 Å². The number of nitrogens with zero attached hydrogens (tertiary/aromatic N) is 3. The summed E-state index contributed by atoms with van der Waals surface area (Å²) in [6.07, 6.45) is 3.01. The average Bonchev–Trinajstić information content (AvgIpc) is 2.82. The molecule has 102 valence electrons. The van der Waals surface area contributed by atoms with Crippen LogP contribution in [0.3, 0.4) is 0 Å². The first kappa shape index (κ1) is 13.3. The van der Waals surface area contributed by atoms with Crippen LogP contribution in [0.2, 0.25) is 0 Å². The third-order valence-corrected chi connectivity index (χ3v) is 2.89. The molecule has 1 fully saturated rings. The molecule has 4 N–H and O–H groups in total. The second-order valence-electron chi connectivity index (χ2n) is 4.42. The SMILES string of the molecule is Cc1ccnc(C(=CN)NC(=O)N2CC[C@H](O)C2)n1. The molecule has 1 saturated heterocycles. The molecule has 0 radical (unpaired) electrons. The number of hydrogen-bond donors (Lipinski definition) is 3. The largest absolute Gasteiger partial charge is 0.403 e. The number of nitrogens with two attached hydrogens (primary N) is 1. The fourth-order valence-electron chi connectivity index (χ4n) is 1.87. The van der Waals surface area contributed by atoms with Gasteiger partial charge in [-0.05, 0) is 19.4 Å². The number of aromatic nitrogens is 2. The number of β-amino-alcohol motifs (C(OH)–C–C–N with tert-alkyl or cyclic N) is 1. The molecule has 7 nitrogen and oxygen atoms in total. The lowest BCUT2D eigenvalue weighted by Gasteiger charge is -2.17. The van der Waals surface area contributed by atoms with Gasteiger partial charge in [-0.15, -0.1) is 0 Å². The lowest BCUT2D eigenvalue weighted by Crippen LogP contribution is -2.38. The van der Waals surface area contributed by atoms with Gasteiger partial charge >= 0.3 is 6.03 Å².